The predicted molar refractivity (Wildman–Crippen MR) is 185 cm³/mol. The molecule has 0 saturated heterocycles. The standard InChI is InChI=1S/C19H15FN2O2S.C18H15ClFNO2/c1-11-13(9-18-21-15-4-2-3-5-17(15)25-18)14-8-12(20)6-7-16(14)22(11)10-19(23)24;1-11-15(8-12-2-4-13(19)5-3-12)16-9-14(20)6-7-17(16)21(11)10-18(22)23/h2-8H,9-10H2,1H3,(H,23,24);2-7,9H,8,10H2,1H3,(H,22,23). The molecule has 7 nitrogen and oxygen atoms in total. The van der Waals surface area contributed by atoms with E-state index in [2.05, 4.69) is 4.98 Å². The number of para-hydroxylation sites is 1. The number of benzene rings is 4. The molecule has 244 valence electrons. The molecule has 0 unspecified atom stereocenters. The fourth-order valence-electron chi connectivity index (χ4n) is 6.13. The van der Waals surface area contributed by atoms with Crippen LogP contribution in [0.15, 0.2) is 84.9 Å². The van der Waals surface area contributed by atoms with Crippen LogP contribution in [0.5, 0.6) is 0 Å². The van der Waals surface area contributed by atoms with Gasteiger partial charge in [0.2, 0.25) is 0 Å². The SMILES string of the molecule is Cc1c(Cc2ccc(Cl)cc2)c2cc(F)ccc2n1CC(=O)O.Cc1c(Cc2nc3ccccc3s2)c2cc(F)ccc2n1CC(=O)O. The predicted octanol–water partition coefficient (Wildman–Crippen LogP) is 8.79. The van der Waals surface area contributed by atoms with Gasteiger partial charge in [-0.15, -0.1) is 11.3 Å². The highest BCUT2D eigenvalue weighted by atomic mass is 35.5. The van der Waals surface area contributed by atoms with E-state index in [1.807, 2.05) is 62.4 Å². The highest BCUT2D eigenvalue weighted by Gasteiger charge is 2.19. The lowest BCUT2D eigenvalue weighted by Gasteiger charge is -2.06. The first-order valence-corrected chi connectivity index (χ1v) is 16.2. The van der Waals surface area contributed by atoms with Crippen LogP contribution < -0.4 is 0 Å². The molecule has 48 heavy (non-hydrogen) atoms. The van der Waals surface area contributed by atoms with Crippen molar-refractivity contribution in [2.75, 3.05) is 0 Å². The average molecular weight is 686 g/mol. The molecular weight excluding hydrogens is 656 g/mol. The lowest BCUT2D eigenvalue weighted by Crippen LogP contribution is -2.10. The topological polar surface area (TPSA) is 97.4 Å². The summed E-state index contributed by atoms with van der Waals surface area (Å²) in [5.41, 5.74) is 6.98. The monoisotopic (exact) mass is 685 g/mol. The minimum absolute atomic E-state index is 0.144. The Bertz CT molecular complexity index is 2290. The van der Waals surface area contributed by atoms with Gasteiger partial charge in [0.25, 0.3) is 0 Å². The van der Waals surface area contributed by atoms with E-state index in [1.54, 1.807) is 32.6 Å². The van der Waals surface area contributed by atoms with Crippen LogP contribution in [-0.2, 0) is 35.5 Å². The van der Waals surface area contributed by atoms with Gasteiger partial charge in [0.1, 0.15) is 24.7 Å². The number of aromatic nitrogens is 3. The minimum atomic E-state index is -0.924. The van der Waals surface area contributed by atoms with Crippen molar-refractivity contribution in [3.63, 3.8) is 0 Å². The van der Waals surface area contributed by atoms with Crippen molar-refractivity contribution in [1.29, 1.82) is 0 Å². The van der Waals surface area contributed by atoms with Crippen LogP contribution in [0, 0.1) is 25.5 Å². The van der Waals surface area contributed by atoms with Gasteiger partial charge in [-0.05, 0) is 97.6 Å². The van der Waals surface area contributed by atoms with E-state index in [9.17, 15) is 23.5 Å². The number of hydrogen-bond acceptors (Lipinski definition) is 4. The summed E-state index contributed by atoms with van der Waals surface area (Å²) in [4.78, 5) is 27.0. The molecule has 0 radical (unpaired) electrons. The van der Waals surface area contributed by atoms with Gasteiger partial charge >= 0.3 is 11.9 Å². The third-order valence-electron chi connectivity index (χ3n) is 8.38. The minimum Gasteiger partial charge on any atom is -0.480 e. The Morgan fingerprint density at radius 2 is 1.27 bits per heavy atom. The Labute approximate surface area is 283 Å². The number of carboxylic acid groups (broad SMARTS) is 2. The van der Waals surface area contributed by atoms with Gasteiger partial charge in [0.15, 0.2) is 0 Å². The van der Waals surface area contributed by atoms with Crippen molar-refractivity contribution in [2.45, 2.75) is 39.8 Å². The molecule has 7 aromatic rings. The van der Waals surface area contributed by atoms with Crippen LogP contribution in [0.2, 0.25) is 5.02 Å². The summed E-state index contributed by atoms with van der Waals surface area (Å²) < 4.78 is 32.0. The molecule has 0 fully saturated rings. The summed E-state index contributed by atoms with van der Waals surface area (Å²) in [6.45, 7) is 3.46. The van der Waals surface area contributed by atoms with Crippen LogP contribution in [0.1, 0.15) is 33.1 Å². The zero-order valence-corrected chi connectivity index (χ0v) is 27.6. The van der Waals surface area contributed by atoms with E-state index in [-0.39, 0.29) is 24.7 Å². The van der Waals surface area contributed by atoms with Gasteiger partial charge in [-0.25, -0.2) is 13.8 Å². The van der Waals surface area contributed by atoms with E-state index in [1.165, 1.54) is 24.3 Å². The first-order chi connectivity index (χ1) is 23.0. The van der Waals surface area contributed by atoms with Crippen LogP contribution >= 0.6 is 22.9 Å². The van der Waals surface area contributed by atoms with Crippen molar-refractivity contribution in [3.05, 3.63) is 135 Å². The lowest BCUT2D eigenvalue weighted by atomic mass is 10.0. The zero-order valence-electron chi connectivity index (χ0n) is 26.0. The molecule has 0 amide bonds. The number of aliphatic carboxylic acids is 2. The summed E-state index contributed by atoms with van der Waals surface area (Å²) >= 11 is 7.51. The first-order valence-electron chi connectivity index (χ1n) is 15.1. The van der Waals surface area contributed by atoms with Crippen molar-refractivity contribution in [2.24, 2.45) is 0 Å². The highest BCUT2D eigenvalue weighted by molar-refractivity contribution is 7.18. The number of hydrogen-bond donors (Lipinski definition) is 2. The van der Waals surface area contributed by atoms with Crippen molar-refractivity contribution in [3.8, 4) is 0 Å². The normalized spacial score (nSPS) is 11.3. The van der Waals surface area contributed by atoms with Crippen LogP contribution in [0.3, 0.4) is 0 Å². The average Bonchev–Trinajstić information content (AvgIpc) is 3.65. The third kappa shape index (κ3) is 6.81. The molecular formula is C37H30ClF2N3O4S. The van der Waals surface area contributed by atoms with Gasteiger partial charge in [0.05, 0.1) is 15.2 Å². The Kier molecular flexibility index (Phi) is 9.30. The molecule has 4 aromatic carbocycles. The fraction of sp³-hybridized carbons (Fsp3) is 0.162. The summed E-state index contributed by atoms with van der Waals surface area (Å²) in [6.07, 6.45) is 1.15. The summed E-state index contributed by atoms with van der Waals surface area (Å²) in [5.74, 6) is -2.50. The van der Waals surface area contributed by atoms with E-state index in [4.69, 9.17) is 16.7 Å². The molecule has 0 aliphatic rings. The molecule has 2 N–H and O–H groups in total. The highest BCUT2D eigenvalue weighted by Crippen LogP contribution is 2.32. The molecule has 3 aromatic heterocycles. The maximum absolute atomic E-state index is 13.8. The number of carbonyl (C=O) groups is 2. The number of nitrogens with zero attached hydrogens (tertiary/aromatic N) is 3. The number of carboxylic acids is 2. The van der Waals surface area contributed by atoms with Gasteiger partial charge in [-0.3, -0.25) is 9.59 Å². The lowest BCUT2D eigenvalue weighted by molar-refractivity contribution is -0.138. The van der Waals surface area contributed by atoms with E-state index in [0.29, 0.717) is 17.9 Å². The molecule has 0 atom stereocenters. The molecule has 0 aliphatic carbocycles. The van der Waals surface area contributed by atoms with Crippen molar-refractivity contribution >= 4 is 66.9 Å². The maximum Gasteiger partial charge on any atom is 0.323 e. The maximum atomic E-state index is 13.8. The Balaban J connectivity index is 0.000000168. The molecule has 0 aliphatic heterocycles. The smallest absolute Gasteiger partial charge is 0.323 e. The van der Waals surface area contributed by atoms with Gasteiger partial charge < -0.3 is 19.3 Å². The molecule has 3 heterocycles. The molecule has 11 heteroatoms. The number of fused-ring (bicyclic) bond motifs is 3. The van der Waals surface area contributed by atoms with Crippen molar-refractivity contribution < 1.29 is 28.6 Å². The summed E-state index contributed by atoms with van der Waals surface area (Å²) in [5, 5.41) is 21.4. The van der Waals surface area contributed by atoms with Crippen LogP contribution in [0.25, 0.3) is 32.0 Å². The first kappa shape index (κ1) is 32.9. The quantitative estimate of drug-likeness (QED) is 0.167. The largest absolute Gasteiger partial charge is 0.480 e. The van der Waals surface area contributed by atoms with E-state index >= 15 is 0 Å². The molecule has 0 spiro atoms. The number of halogens is 3. The van der Waals surface area contributed by atoms with Gasteiger partial charge in [0, 0.05) is 44.6 Å². The summed E-state index contributed by atoms with van der Waals surface area (Å²) in [6, 6.07) is 24.3. The number of rotatable bonds is 8. The van der Waals surface area contributed by atoms with E-state index in [0.717, 1.165) is 65.1 Å². The summed E-state index contributed by atoms with van der Waals surface area (Å²) in [7, 11) is 0. The van der Waals surface area contributed by atoms with Gasteiger partial charge in [-0.2, -0.15) is 0 Å². The van der Waals surface area contributed by atoms with Crippen LogP contribution in [0.4, 0.5) is 8.78 Å². The molecule has 7 rings (SSSR count). The second-order valence-electron chi connectivity index (χ2n) is 11.5. The Hall–Kier alpha value is -5.06. The molecule has 0 bridgehead atoms. The van der Waals surface area contributed by atoms with Crippen molar-refractivity contribution in [1.82, 2.24) is 14.1 Å². The third-order valence-corrected chi connectivity index (χ3v) is 9.67. The Morgan fingerprint density at radius 1 is 0.750 bits per heavy atom. The molecule has 0 saturated carbocycles. The van der Waals surface area contributed by atoms with Gasteiger partial charge in [-0.1, -0.05) is 35.9 Å². The van der Waals surface area contributed by atoms with Crippen LogP contribution in [-0.4, -0.2) is 36.3 Å². The fourth-order valence-corrected chi connectivity index (χ4v) is 7.23. The van der Waals surface area contributed by atoms with E-state index < -0.39 is 11.9 Å². The Morgan fingerprint density at radius 3 is 1.79 bits per heavy atom. The number of thiazole rings is 1. The zero-order chi connectivity index (χ0) is 34.1. The second kappa shape index (κ2) is 13.6. The second-order valence-corrected chi connectivity index (χ2v) is 13.0.